The van der Waals surface area contributed by atoms with Crippen LogP contribution in [0, 0.1) is 0 Å². The van der Waals surface area contributed by atoms with E-state index in [2.05, 4.69) is 20.8 Å². The van der Waals surface area contributed by atoms with Crippen LogP contribution in [0.25, 0.3) is 0 Å². The molecule has 0 spiro atoms. The summed E-state index contributed by atoms with van der Waals surface area (Å²) in [6.07, 6.45) is 16.0. The maximum atomic E-state index is 12.7. The van der Waals surface area contributed by atoms with Gasteiger partial charge >= 0.3 is 7.82 Å². The van der Waals surface area contributed by atoms with Crippen LogP contribution in [0.2, 0.25) is 0 Å². The fraction of sp³-hybridized carbons (Fsp3) is 1.00. The Hall–Kier alpha value is 0.0700. The fourth-order valence-electron chi connectivity index (χ4n) is 2.55. The molecule has 0 rings (SSSR count). The Morgan fingerprint density at radius 2 is 0.808 bits per heavy atom. The molecule has 5 nitrogen and oxygen atoms in total. The van der Waals surface area contributed by atoms with Gasteiger partial charge < -0.3 is 6.15 Å². The highest BCUT2D eigenvalue weighted by molar-refractivity contribution is 7.48. The molecule has 0 aromatic heterocycles. The van der Waals surface area contributed by atoms with E-state index in [1.807, 2.05) is 0 Å². The summed E-state index contributed by atoms with van der Waals surface area (Å²) >= 11 is 0. The molecule has 0 aliphatic heterocycles. The van der Waals surface area contributed by atoms with Gasteiger partial charge in [0.05, 0.1) is 19.8 Å². The lowest BCUT2D eigenvalue weighted by Crippen LogP contribution is -2.04. The molecule has 0 unspecified atom stereocenters. The smallest absolute Gasteiger partial charge is 0.344 e. The molecular weight excluding hydrogens is 349 g/mol. The van der Waals surface area contributed by atoms with Gasteiger partial charge in [0, 0.05) is 0 Å². The van der Waals surface area contributed by atoms with Gasteiger partial charge in [0.1, 0.15) is 0 Å². The van der Waals surface area contributed by atoms with Crippen molar-refractivity contribution in [3.05, 3.63) is 0 Å². The first-order chi connectivity index (χ1) is 12.2. The third kappa shape index (κ3) is 18.8. The monoisotopic (exact) mass is 395 g/mol. The maximum absolute atomic E-state index is 12.7. The van der Waals surface area contributed by atoms with Crippen LogP contribution in [0.3, 0.4) is 0 Å². The average molecular weight is 396 g/mol. The highest BCUT2D eigenvalue weighted by Gasteiger charge is 2.25. The second kappa shape index (κ2) is 21.4. The predicted molar refractivity (Wildman–Crippen MR) is 112 cm³/mol. The Morgan fingerprint density at radius 3 is 1.19 bits per heavy atom. The maximum Gasteiger partial charge on any atom is 0.474 e. The minimum Gasteiger partial charge on any atom is -0.344 e. The van der Waals surface area contributed by atoms with E-state index < -0.39 is 7.82 Å². The van der Waals surface area contributed by atoms with Crippen LogP contribution in [0.15, 0.2) is 0 Å². The normalized spacial score (nSPS) is 11.5. The molecule has 160 valence electrons. The summed E-state index contributed by atoms with van der Waals surface area (Å²) in [5, 5.41) is 0. The molecule has 0 saturated heterocycles. The summed E-state index contributed by atoms with van der Waals surface area (Å²) in [7, 11) is -3.37. The molecule has 0 aliphatic carbocycles. The van der Waals surface area contributed by atoms with Gasteiger partial charge in [-0.05, 0) is 19.3 Å². The van der Waals surface area contributed by atoms with Gasteiger partial charge in [-0.2, -0.15) is 0 Å². The van der Waals surface area contributed by atoms with Crippen molar-refractivity contribution < 1.29 is 18.1 Å². The van der Waals surface area contributed by atoms with Crippen LogP contribution in [0.1, 0.15) is 111 Å². The van der Waals surface area contributed by atoms with E-state index in [-0.39, 0.29) is 6.15 Å². The highest BCUT2D eigenvalue weighted by Crippen LogP contribution is 2.49. The molecule has 26 heavy (non-hydrogen) atoms. The second-order valence-corrected chi connectivity index (χ2v) is 8.50. The molecule has 0 aliphatic rings. The van der Waals surface area contributed by atoms with Gasteiger partial charge in [0.25, 0.3) is 0 Å². The molecule has 0 saturated carbocycles. The Bertz CT molecular complexity index is 294. The van der Waals surface area contributed by atoms with E-state index in [0.29, 0.717) is 19.8 Å². The zero-order valence-corrected chi connectivity index (χ0v) is 18.7. The van der Waals surface area contributed by atoms with Crippen molar-refractivity contribution in [3.63, 3.8) is 0 Å². The van der Waals surface area contributed by atoms with Crippen molar-refractivity contribution in [1.29, 1.82) is 0 Å². The number of hydrogen-bond donors (Lipinski definition) is 1. The zero-order valence-electron chi connectivity index (χ0n) is 17.8. The summed E-state index contributed by atoms with van der Waals surface area (Å²) in [6.45, 7) is 7.89. The molecule has 0 aromatic carbocycles. The zero-order chi connectivity index (χ0) is 18.6. The lowest BCUT2D eigenvalue weighted by Gasteiger charge is -2.18. The van der Waals surface area contributed by atoms with E-state index in [4.69, 9.17) is 13.6 Å². The number of hydrogen-bond acceptors (Lipinski definition) is 5. The van der Waals surface area contributed by atoms with E-state index in [9.17, 15) is 4.57 Å². The van der Waals surface area contributed by atoms with Crippen LogP contribution >= 0.6 is 7.82 Å². The van der Waals surface area contributed by atoms with Crippen molar-refractivity contribution >= 4 is 7.82 Å². The minimum absolute atomic E-state index is 0. The average Bonchev–Trinajstić information content (AvgIpc) is 2.60. The fourth-order valence-corrected chi connectivity index (χ4v) is 3.83. The highest BCUT2D eigenvalue weighted by atomic mass is 31.2. The molecule has 0 atom stereocenters. The quantitative estimate of drug-likeness (QED) is 0.168. The van der Waals surface area contributed by atoms with Gasteiger partial charge in [0.2, 0.25) is 0 Å². The summed E-state index contributed by atoms with van der Waals surface area (Å²) in [5.41, 5.74) is 0. The predicted octanol–water partition coefficient (Wildman–Crippen LogP) is 7.83. The molecule has 6 heteroatoms. The number of phosphoric acid groups is 1. The van der Waals surface area contributed by atoms with Crippen molar-refractivity contribution in [1.82, 2.24) is 6.15 Å². The Morgan fingerprint density at radius 1 is 0.500 bits per heavy atom. The molecule has 0 radical (unpaired) electrons. The molecule has 0 fully saturated rings. The lowest BCUT2D eigenvalue weighted by atomic mass is 10.1. The van der Waals surface area contributed by atoms with Crippen molar-refractivity contribution in [2.45, 2.75) is 111 Å². The summed E-state index contributed by atoms with van der Waals surface area (Å²) in [6, 6.07) is 0. The van der Waals surface area contributed by atoms with E-state index >= 15 is 0 Å². The Kier molecular flexibility index (Phi) is 23.2. The largest absolute Gasteiger partial charge is 0.474 e. The van der Waals surface area contributed by atoms with Gasteiger partial charge in [-0.25, -0.2) is 4.57 Å². The van der Waals surface area contributed by atoms with E-state index in [1.54, 1.807) is 0 Å². The van der Waals surface area contributed by atoms with Crippen LogP contribution in [0.5, 0.6) is 0 Å². The van der Waals surface area contributed by atoms with E-state index in [0.717, 1.165) is 38.5 Å². The minimum atomic E-state index is -3.37. The molecular formula is C20H46NO4P. The molecule has 0 amide bonds. The Balaban J connectivity index is 0. The van der Waals surface area contributed by atoms with Crippen LogP contribution < -0.4 is 6.15 Å². The summed E-state index contributed by atoms with van der Waals surface area (Å²) in [5.74, 6) is 0. The van der Waals surface area contributed by atoms with Gasteiger partial charge in [-0.1, -0.05) is 91.4 Å². The molecule has 0 bridgehead atoms. The molecule has 3 N–H and O–H groups in total. The van der Waals surface area contributed by atoms with Crippen LogP contribution in [0.4, 0.5) is 0 Å². The first kappa shape index (κ1) is 28.3. The number of phosphoric ester groups is 1. The SMILES string of the molecule is CCCCCCCCOP(=O)(OCCCC)OCCCCCCCC.N. The number of rotatable bonds is 20. The van der Waals surface area contributed by atoms with Crippen molar-refractivity contribution in [3.8, 4) is 0 Å². The van der Waals surface area contributed by atoms with Crippen molar-refractivity contribution in [2.75, 3.05) is 19.8 Å². The van der Waals surface area contributed by atoms with Crippen LogP contribution in [-0.2, 0) is 18.1 Å². The number of unbranched alkanes of at least 4 members (excludes halogenated alkanes) is 11. The lowest BCUT2D eigenvalue weighted by molar-refractivity contribution is 0.109. The van der Waals surface area contributed by atoms with Gasteiger partial charge in [0.15, 0.2) is 0 Å². The third-order valence-electron chi connectivity index (χ3n) is 4.24. The first-order valence-corrected chi connectivity index (χ1v) is 12.2. The third-order valence-corrected chi connectivity index (χ3v) is 5.74. The van der Waals surface area contributed by atoms with Crippen LogP contribution in [-0.4, -0.2) is 19.8 Å². The Labute approximate surface area is 163 Å². The van der Waals surface area contributed by atoms with Gasteiger partial charge in [-0.15, -0.1) is 0 Å². The summed E-state index contributed by atoms with van der Waals surface area (Å²) < 4.78 is 29.2. The topological polar surface area (TPSA) is 79.8 Å². The molecule has 0 aromatic rings. The van der Waals surface area contributed by atoms with E-state index in [1.165, 1.54) is 51.4 Å². The standard InChI is InChI=1S/C20H43O4P.H3N/c1-4-7-10-12-14-16-19-23-25(21,22-18-9-6-3)24-20-17-15-13-11-8-5-2;/h4-20H2,1-3H3;1H3. The molecule has 0 heterocycles. The van der Waals surface area contributed by atoms with Crippen molar-refractivity contribution in [2.24, 2.45) is 0 Å². The summed E-state index contributed by atoms with van der Waals surface area (Å²) in [4.78, 5) is 0. The van der Waals surface area contributed by atoms with Gasteiger partial charge in [-0.3, -0.25) is 13.6 Å². The second-order valence-electron chi connectivity index (χ2n) is 6.84. The first-order valence-electron chi connectivity index (χ1n) is 10.7.